The fraction of sp³-hybridized carbons (Fsp3) is 0.538. The summed E-state index contributed by atoms with van der Waals surface area (Å²) in [5.41, 5.74) is 1.03. The Morgan fingerprint density at radius 2 is 1.84 bits per heavy atom. The molecule has 0 saturated carbocycles. The quantitative estimate of drug-likeness (QED) is 0.873. The predicted octanol–water partition coefficient (Wildman–Crippen LogP) is 3.32. The third-order valence-corrected chi connectivity index (χ3v) is 4.72. The van der Waals surface area contributed by atoms with Crippen LogP contribution in [0.4, 0.5) is 0 Å². The maximum absolute atomic E-state index is 11.2. The monoisotopic (exact) mass is 323 g/mol. The van der Waals surface area contributed by atoms with Crippen molar-refractivity contribution in [2.24, 2.45) is 5.92 Å². The van der Waals surface area contributed by atoms with Crippen LogP contribution in [0.15, 0.2) is 18.2 Å². The van der Waals surface area contributed by atoms with E-state index in [4.69, 9.17) is 23.2 Å². The summed E-state index contributed by atoms with van der Waals surface area (Å²) in [4.78, 5) is 0. The number of sulfone groups is 1. The lowest BCUT2D eigenvalue weighted by atomic mass is 10.1. The van der Waals surface area contributed by atoms with Gasteiger partial charge in [0.2, 0.25) is 0 Å². The van der Waals surface area contributed by atoms with Gasteiger partial charge in [0, 0.05) is 12.3 Å². The van der Waals surface area contributed by atoms with Crippen molar-refractivity contribution in [3.05, 3.63) is 33.8 Å². The lowest BCUT2D eigenvalue weighted by Crippen LogP contribution is -2.28. The van der Waals surface area contributed by atoms with E-state index in [1.807, 2.05) is 26.0 Å². The molecule has 0 unspecified atom stereocenters. The molecule has 2 atom stereocenters. The van der Waals surface area contributed by atoms with Crippen LogP contribution in [-0.4, -0.2) is 27.0 Å². The highest BCUT2D eigenvalue weighted by Gasteiger charge is 2.13. The molecule has 6 heteroatoms. The first-order chi connectivity index (χ1) is 8.69. The number of rotatable bonds is 6. The second-order valence-electron chi connectivity index (χ2n) is 5.00. The van der Waals surface area contributed by atoms with E-state index in [0.29, 0.717) is 16.6 Å². The molecule has 0 heterocycles. The van der Waals surface area contributed by atoms with Gasteiger partial charge >= 0.3 is 0 Å². The van der Waals surface area contributed by atoms with E-state index in [1.165, 1.54) is 6.26 Å². The van der Waals surface area contributed by atoms with Gasteiger partial charge in [0.25, 0.3) is 0 Å². The molecule has 0 aliphatic carbocycles. The number of benzene rings is 1. The van der Waals surface area contributed by atoms with E-state index in [-0.39, 0.29) is 17.7 Å². The molecule has 19 heavy (non-hydrogen) atoms. The van der Waals surface area contributed by atoms with Crippen molar-refractivity contribution in [1.29, 1.82) is 0 Å². The first kappa shape index (κ1) is 16.8. The van der Waals surface area contributed by atoms with Crippen LogP contribution in [0.1, 0.15) is 25.5 Å². The normalized spacial score (nSPS) is 15.2. The lowest BCUT2D eigenvalue weighted by molar-refractivity contribution is 0.492. The Morgan fingerprint density at radius 1 is 1.21 bits per heavy atom. The zero-order valence-corrected chi connectivity index (χ0v) is 13.6. The fourth-order valence-electron chi connectivity index (χ4n) is 1.85. The van der Waals surface area contributed by atoms with E-state index in [1.54, 1.807) is 6.07 Å². The van der Waals surface area contributed by atoms with Gasteiger partial charge in [0.05, 0.1) is 15.8 Å². The molecule has 1 rings (SSSR count). The van der Waals surface area contributed by atoms with Crippen LogP contribution in [0.5, 0.6) is 0 Å². The van der Waals surface area contributed by atoms with Crippen LogP contribution >= 0.6 is 23.2 Å². The second kappa shape index (κ2) is 6.93. The van der Waals surface area contributed by atoms with E-state index in [0.717, 1.165) is 5.56 Å². The van der Waals surface area contributed by atoms with Gasteiger partial charge in [0.1, 0.15) is 9.84 Å². The summed E-state index contributed by atoms with van der Waals surface area (Å²) >= 11 is 11.8. The summed E-state index contributed by atoms with van der Waals surface area (Å²) in [7, 11) is -2.93. The Balaban J connectivity index is 2.55. The zero-order chi connectivity index (χ0) is 14.6. The third-order valence-electron chi connectivity index (χ3n) is 2.80. The molecule has 0 aliphatic rings. The summed E-state index contributed by atoms with van der Waals surface area (Å²) in [5.74, 6) is 0.258. The van der Waals surface area contributed by atoms with Gasteiger partial charge in [-0.2, -0.15) is 0 Å². The van der Waals surface area contributed by atoms with Gasteiger partial charge in [-0.1, -0.05) is 36.2 Å². The standard InChI is InChI=1S/C13H19Cl2NO2S/c1-9(8-19(3,17)18)7-16-10(2)11-4-5-12(14)13(15)6-11/h4-6,9-10,16H,7-8H2,1-3H3/t9-,10+/m1/s1. The van der Waals surface area contributed by atoms with Crippen molar-refractivity contribution in [1.82, 2.24) is 5.32 Å². The van der Waals surface area contributed by atoms with Gasteiger partial charge in [-0.05, 0) is 37.1 Å². The van der Waals surface area contributed by atoms with Crippen LogP contribution in [-0.2, 0) is 9.84 Å². The van der Waals surface area contributed by atoms with Crippen LogP contribution < -0.4 is 5.32 Å². The average molecular weight is 324 g/mol. The molecule has 0 aliphatic heterocycles. The number of hydrogen-bond acceptors (Lipinski definition) is 3. The smallest absolute Gasteiger partial charge is 0.147 e. The van der Waals surface area contributed by atoms with Gasteiger partial charge in [-0.3, -0.25) is 0 Å². The Bertz CT molecular complexity index is 531. The van der Waals surface area contributed by atoms with Crippen molar-refractivity contribution < 1.29 is 8.42 Å². The molecule has 1 aromatic rings. The summed E-state index contributed by atoms with van der Waals surface area (Å²) in [5, 5.41) is 4.36. The van der Waals surface area contributed by atoms with Crippen molar-refractivity contribution in [2.45, 2.75) is 19.9 Å². The molecule has 0 amide bonds. The molecule has 1 N–H and O–H groups in total. The van der Waals surface area contributed by atoms with Gasteiger partial charge in [0.15, 0.2) is 0 Å². The summed E-state index contributed by atoms with van der Waals surface area (Å²) in [6, 6.07) is 5.59. The minimum atomic E-state index is -2.93. The van der Waals surface area contributed by atoms with Crippen LogP contribution in [0.2, 0.25) is 10.0 Å². The van der Waals surface area contributed by atoms with Crippen molar-refractivity contribution >= 4 is 33.0 Å². The van der Waals surface area contributed by atoms with Crippen LogP contribution in [0.3, 0.4) is 0 Å². The minimum Gasteiger partial charge on any atom is -0.310 e. The Labute approximate surface area is 125 Å². The molecule has 0 spiro atoms. The molecule has 108 valence electrons. The number of nitrogens with one attached hydrogen (secondary N) is 1. The predicted molar refractivity (Wildman–Crippen MR) is 81.8 cm³/mol. The molecule has 1 aromatic carbocycles. The third kappa shape index (κ3) is 6.13. The molecular weight excluding hydrogens is 305 g/mol. The van der Waals surface area contributed by atoms with Crippen LogP contribution in [0, 0.1) is 5.92 Å². The average Bonchev–Trinajstić information content (AvgIpc) is 2.27. The topological polar surface area (TPSA) is 46.2 Å². The summed E-state index contributed by atoms with van der Waals surface area (Å²) in [6.07, 6.45) is 1.26. The highest BCUT2D eigenvalue weighted by atomic mass is 35.5. The first-order valence-corrected chi connectivity index (χ1v) is 8.86. The first-order valence-electron chi connectivity index (χ1n) is 6.05. The van der Waals surface area contributed by atoms with E-state index >= 15 is 0 Å². The SMILES string of the molecule is C[C@H](CN[C@@H](C)c1ccc(Cl)c(Cl)c1)CS(C)(=O)=O. The fourth-order valence-corrected chi connectivity index (χ4v) is 3.31. The largest absolute Gasteiger partial charge is 0.310 e. The zero-order valence-electron chi connectivity index (χ0n) is 11.3. The molecule has 0 radical (unpaired) electrons. The Hall–Kier alpha value is -0.290. The van der Waals surface area contributed by atoms with E-state index < -0.39 is 9.84 Å². The number of halogens is 2. The molecule has 0 saturated heterocycles. The maximum atomic E-state index is 11.2. The van der Waals surface area contributed by atoms with E-state index in [9.17, 15) is 8.42 Å². The molecule has 0 bridgehead atoms. The van der Waals surface area contributed by atoms with Crippen molar-refractivity contribution in [3.63, 3.8) is 0 Å². The molecule has 0 aromatic heterocycles. The van der Waals surface area contributed by atoms with Gasteiger partial charge in [-0.15, -0.1) is 0 Å². The van der Waals surface area contributed by atoms with Crippen molar-refractivity contribution in [3.8, 4) is 0 Å². The summed E-state index contributed by atoms with van der Waals surface area (Å²) in [6.45, 7) is 4.55. The Morgan fingerprint density at radius 3 is 2.37 bits per heavy atom. The van der Waals surface area contributed by atoms with Crippen LogP contribution in [0.25, 0.3) is 0 Å². The molecule has 3 nitrogen and oxygen atoms in total. The van der Waals surface area contributed by atoms with Crippen molar-refractivity contribution in [2.75, 3.05) is 18.6 Å². The summed E-state index contributed by atoms with van der Waals surface area (Å²) < 4.78 is 22.4. The minimum absolute atomic E-state index is 0.0697. The number of hydrogen-bond donors (Lipinski definition) is 1. The second-order valence-corrected chi connectivity index (χ2v) is 8.00. The van der Waals surface area contributed by atoms with Gasteiger partial charge < -0.3 is 5.32 Å². The lowest BCUT2D eigenvalue weighted by Gasteiger charge is -2.18. The van der Waals surface area contributed by atoms with E-state index in [2.05, 4.69) is 5.32 Å². The van der Waals surface area contributed by atoms with Gasteiger partial charge in [-0.25, -0.2) is 8.42 Å². The molecular formula is C13H19Cl2NO2S. The molecule has 0 fully saturated rings. The maximum Gasteiger partial charge on any atom is 0.147 e. The highest BCUT2D eigenvalue weighted by Crippen LogP contribution is 2.25. The Kier molecular flexibility index (Phi) is 6.12. The highest BCUT2D eigenvalue weighted by molar-refractivity contribution is 7.90.